The summed E-state index contributed by atoms with van der Waals surface area (Å²) >= 11 is 11.7. The molecule has 1 rings (SSSR count). The van der Waals surface area contributed by atoms with Gasteiger partial charge in [0, 0.05) is 18.8 Å². The molecule has 0 saturated carbocycles. The summed E-state index contributed by atoms with van der Waals surface area (Å²) in [7, 11) is 3.47. The van der Waals surface area contributed by atoms with Gasteiger partial charge in [-0.15, -0.1) is 0 Å². The molecule has 0 aliphatic heterocycles. The minimum atomic E-state index is -0.221. The highest BCUT2D eigenvalue weighted by molar-refractivity contribution is 6.42. The molecule has 0 unspecified atom stereocenters. The number of anilines is 1. The van der Waals surface area contributed by atoms with Gasteiger partial charge >= 0.3 is 0 Å². The largest absolute Gasteiger partial charge is 0.342 e. The van der Waals surface area contributed by atoms with Gasteiger partial charge in [0.25, 0.3) is 0 Å². The standard InChI is InChI=1S/C15H21Cl2N3O2/c1-10(2)20(4)15(22)9-19(3)8-14(21)18-11-5-6-12(16)13(17)7-11/h5-7,10H,8-9H2,1-4H3,(H,18,21). The van der Waals surface area contributed by atoms with E-state index in [0.29, 0.717) is 15.7 Å². The molecule has 0 saturated heterocycles. The Morgan fingerprint density at radius 2 is 1.77 bits per heavy atom. The van der Waals surface area contributed by atoms with Crippen LogP contribution in [0.25, 0.3) is 0 Å². The van der Waals surface area contributed by atoms with Crippen LogP contribution >= 0.6 is 23.2 Å². The number of carbonyl (C=O) groups is 2. The summed E-state index contributed by atoms with van der Waals surface area (Å²) < 4.78 is 0. The van der Waals surface area contributed by atoms with E-state index in [4.69, 9.17) is 23.2 Å². The average Bonchev–Trinajstić information content (AvgIpc) is 2.41. The van der Waals surface area contributed by atoms with Gasteiger partial charge in [-0.3, -0.25) is 14.5 Å². The van der Waals surface area contributed by atoms with Crippen LogP contribution in [0.2, 0.25) is 10.0 Å². The van der Waals surface area contributed by atoms with Crippen LogP contribution in [0.3, 0.4) is 0 Å². The van der Waals surface area contributed by atoms with E-state index in [2.05, 4.69) is 5.32 Å². The molecule has 0 aliphatic carbocycles. The van der Waals surface area contributed by atoms with Gasteiger partial charge in [-0.25, -0.2) is 0 Å². The van der Waals surface area contributed by atoms with E-state index in [1.807, 2.05) is 13.8 Å². The molecule has 122 valence electrons. The Kier molecular flexibility index (Phi) is 7.13. The Morgan fingerprint density at radius 1 is 1.14 bits per heavy atom. The van der Waals surface area contributed by atoms with Crippen molar-refractivity contribution in [2.75, 3.05) is 32.5 Å². The molecule has 5 nitrogen and oxygen atoms in total. The third-order valence-electron chi connectivity index (χ3n) is 3.19. The fourth-order valence-corrected chi connectivity index (χ4v) is 2.00. The quantitative estimate of drug-likeness (QED) is 0.862. The van der Waals surface area contributed by atoms with Crippen LogP contribution in [0.4, 0.5) is 5.69 Å². The SMILES string of the molecule is CC(C)N(C)C(=O)CN(C)CC(=O)Nc1ccc(Cl)c(Cl)c1. The maximum atomic E-state index is 12.0. The number of halogens is 2. The molecule has 0 bridgehead atoms. The van der Waals surface area contributed by atoms with E-state index in [1.54, 1.807) is 42.1 Å². The summed E-state index contributed by atoms with van der Waals surface area (Å²) in [6.45, 7) is 4.17. The number of carbonyl (C=O) groups excluding carboxylic acids is 2. The molecule has 0 radical (unpaired) electrons. The van der Waals surface area contributed by atoms with Crippen molar-refractivity contribution < 1.29 is 9.59 Å². The second-order valence-corrected chi connectivity index (χ2v) is 6.26. The zero-order chi connectivity index (χ0) is 16.9. The summed E-state index contributed by atoms with van der Waals surface area (Å²) in [5, 5.41) is 3.52. The topological polar surface area (TPSA) is 52.7 Å². The summed E-state index contributed by atoms with van der Waals surface area (Å²) in [4.78, 5) is 27.2. The molecule has 7 heteroatoms. The van der Waals surface area contributed by atoms with Crippen molar-refractivity contribution >= 4 is 40.7 Å². The number of hydrogen-bond acceptors (Lipinski definition) is 3. The van der Waals surface area contributed by atoms with Crippen LogP contribution in [0.5, 0.6) is 0 Å². The van der Waals surface area contributed by atoms with Crippen LogP contribution in [-0.4, -0.2) is 54.8 Å². The highest BCUT2D eigenvalue weighted by atomic mass is 35.5. The number of hydrogen-bond donors (Lipinski definition) is 1. The van der Waals surface area contributed by atoms with Gasteiger partial charge in [0.15, 0.2) is 0 Å². The smallest absolute Gasteiger partial charge is 0.238 e. The summed E-state index contributed by atoms with van der Waals surface area (Å²) in [5.74, 6) is -0.249. The molecule has 1 aromatic carbocycles. The van der Waals surface area contributed by atoms with Crippen LogP contribution < -0.4 is 5.32 Å². The first-order valence-electron chi connectivity index (χ1n) is 6.89. The molecular formula is C15H21Cl2N3O2. The van der Waals surface area contributed by atoms with Gasteiger partial charge in [-0.2, -0.15) is 0 Å². The number of nitrogens with zero attached hydrogens (tertiary/aromatic N) is 2. The van der Waals surface area contributed by atoms with Crippen molar-refractivity contribution in [3.05, 3.63) is 28.2 Å². The van der Waals surface area contributed by atoms with Crippen molar-refractivity contribution in [2.45, 2.75) is 19.9 Å². The van der Waals surface area contributed by atoms with Gasteiger partial charge in [0.2, 0.25) is 11.8 Å². The van der Waals surface area contributed by atoms with Gasteiger partial charge in [0.05, 0.1) is 23.1 Å². The van der Waals surface area contributed by atoms with Gasteiger partial charge in [-0.05, 0) is 39.1 Å². The van der Waals surface area contributed by atoms with E-state index < -0.39 is 0 Å². The molecule has 2 amide bonds. The molecule has 0 aromatic heterocycles. The minimum Gasteiger partial charge on any atom is -0.342 e. The number of likely N-dealkylation sites (N-methyl/N-ethyl adjacent to an activating group) is 2. The molecule has 0 aliphatic rings. The molecule has 0 fully saturated rings. The Balaban J connectivity index is 2.50. The van der Waals surface area contributed by atoms with E-state index in [9.17, 15) is 9.59 Å². The van der Waals surface area contributed by atoms with E-state index in [1.165, 1.54) is 0 Å². The van der Waals surface area contributed by atoms with Crippen molar-refractivity contribution in [1.29, 1.82) is 0 Å². The molecule has 0 atom stereocenters. The Morgan fingerprint density at radius 3 is 2.32 bits per heavy atom. The van der Waals surface area contributed by atoms with Crippen molar-refractivity contribution in [3.8, 4) is 0 Å². The summed E-state index contributed by atoms with van der Waals surface area (Å²) in [6.07, 6.45) is 0. The lowest BCUT2D eigenvalue weighted by molar-refractivity contribution is -0.132. The zero-order valence-electron chi connectivity index (χ0n) is 13.2. The highest BCUT2D eigenvalue weighted by Gasteiger charge is 2.16. The van der Waals surface area contributed by atoms with E-state index in [-0.39, 0.29) is 30.9 Å². The van der Waals surface area contributed by atoms with Crippen LogP contribution in [0.1, 0.15) is 13.8 Å². The van der Waals surface area contributed by atoms with E-state index >= 15 is 0 Å². The average molecular weight is 346 g/mol. The number of amides is 2. The number of rotatable bonds is 6. The Bertz CT molecular complexity index is 550. The maximum absolute atomic E-state index is 12.0. The lowest BCUT2D eigenvalue weighted by Gasteiger charge is -2.24. The van der Waals surface area contributed by atoms with Crippen molar-refractivity contribution in [1.82, 2.24) is 9.80 Å². The van der Waals surface area contributed by atoms with Crippen LogP contribution in [0.15, 0.2) is 18.2 Å². The first kappa shape index (κ1) is 18.7. The van der Waals surface area contributed by atoms with Crippen molar-refractivity contribution in [3.63, 3.8) is 0 Å². The molecular weight excluding hydrogens is 325 g/mol. The Labute approximate surface area is 141 Å². The predicted octanol–water partition coefficient (Wildman–Crippen LogP) is 2.73. The zero-order valence-corrected chi connectivity index (χ0v) is 14.7. The van der Waals surface area contributed by atoms with Crippen LogP contribution in [0, 0.1) is 0 Å². The van der Waals surface area contributed by atoms with Gasteiger partial charge in [0.1, 0.15) is 0 Å². The van der Waals surface area contributed by atoms with Gasteiger partial charge in [-0.1, -0.05) is 23.2 Å². The molecule has 1 N–H and O–H groups in total. The first-order valence-corrected chi connectivity index (χ1v) is 7.65. The monoisotopic (exact) mass is 345 g/mol. The first-order chi connectivity index (χ1) is 10.2. The van der Waals surface area contributed by atoms with Crippen molar-refractivity contribution in [2.24, 2.45) is 0 Å². The third kappa shape index (κ3) is 5.83. The second-order valence-electron chi connectivity index (χ2n) is 5.45. The fourth-order valence-electron chi connectivity index (χ4n) is 1.71. The van der Waals surface area contributed by atoms with Crippen LogP contribution in [-0.2, 0) is 9.59 Å². The number of nitrogens with one attached hydrogen (secondary N) is 1. The third-order valence-corrected chi connectivity index (χ3v) is 3.93. The normalized spacial score (nSPS) is 10.9. The summed E-state index contributed by atoms with van der Waals surface area (Å²) in [5.41, 5.74) is 0.568. The second kappa shape index (κ2) is 8.36. The predicted molar refractivity (Wildman–Crippen MR) is 90.5 cm³/mol. The summed E-state index contributed by atoms with van der Waals surface area (Å²) in [6, 6.07) is 5.00. The fraction of sp³-hybridized carbons (Fsp3) is 0.467. The highest BCUT2D eigenvalue weighted by Crippen LogP contribution is 2.24. The number of benzene rings is 1. The molecule has 0 spiro atoms. The van der Waals surface area contributed by atoms with Gasteiger partial charge < -0.3 is 10.2 Å². The molecule has 0 heterocycles. The minimum absolute atomic E-state index is 0.0279. The maximum Gasteiger partial charge on any atom is 0.238 e. The lowest BCUT2D eigenvalue weighted by Crippen LogP contribution is -2.42. The lowest BCUT2D eigenvalue weighted by atomic mass is 10.3. The molecule has 1 aromatic rings. The Hall–Kier alpha value is -1.30. The van der Waals surface area contributed by atoms with E-state index in [0.717, 1.165) is 0 Å². The molecule has 22 heavy (non-hydrogen) atoms.